The quantitative estimate of drug-likeness (QED) is 0.839. The lowest BCUT2D eigenvalue weighted by Gasteiger charge is -2.39. The Morgan fingerprint density at radius 2 is 2.24 bits per heavy atom. The van der Waals surface area contributed by atoms with Crippen molar-refractivity contribution in [3.05, 3.63) is 0 Å². The fraction of sp³-hybridized carbons (Fsp3) is 0.917. The van der Waals surface area contributed by atoms with Gasteiger partial charge >= 0.3 is 0 Å². The molecule has 17 heavy (non-hydrogen) atoms. The van der Waals surface area contributed by atoms with E-state index in [1.807, 2.05) is 11.8 Å². The lowest BCUT2D eigenvalue weighted by molar-refractivity contribution is -0.134. The molecule has 2 rings (SSSR count). The number of hydrogen-bond donors (Lipinski definition) is 1. The van der Waals surface area contributed by atoms with Gasteiger partial charge in [-0.25, -0.2) is 0 Å². The van der Waals surface area contributed by atoms with Crippen molar-refractivity contribution in [2.45, 2.75) is 43.9 Å². The summed E-state index contributed by atoms with van der Waals surface area (Å²) in [6.45, 7) is 3.79. The lowest BCUT2D eigenvalue weighted by Crippen LogP contribution is -2.51. The predicted octanol–water partition coefficient (Wildman–Crippen LogP) is 1.89. The van der Waals surface area contributed by atoms with Gasteiger partial charge in [-0.3, -0.25) is 4.79 Å². The van der Waals surface area contributed by atoms with Gasteiger partial charge in [0.25, 0.3) is 0 Å². The summed E-state index contributed by atoms with van der Waals surface area (Å²) in [6, 6.07) is 0.289. The van der Waals surface area contributed by atoms with Gasteiger partial charge in [0.2, 0.25) is 5.91 Å². The van der Waals surface area contributed by atoms with E-state index in [1.165, 1.54) is 6.42 Å². The van der Waals surface area contributed by atoms with Crippen LogP contribution in [0, 0.1) is 5.92 Å². The number of thioether (sulfide) groups is 1. The highest BCUT2D eigenvalue weighted by Crippen LogP contribution is 2.30. The van der Waals surface area contributed by atoms with E-state index in [1.54, 1.807) is 0 Å². The first-order valence-corrected chi connectivity index (χ1v) is 7.39. The molecule has 2 saturated heterocycles. The summed E-state index contributed by atoms with van der Waals surface area (Å²) >= 11 is 1.83. The molecule has 0 bridgehead atoms. The fourth-order valence-corrected chi connectivity index (χ4v) is 3.95. The second-order valence-corrected chi connectivity index (χ2v) is 6.36. The zero-order valence-corrected chi connectivity index (χ0v) is 12.1. The number of piperidine rings is 1. The second kappa shape index (κ2) is 6.86. The van der Waals surface area contributed by atoms with Crippen molar-refractivity contribution in [2.24, 2.45) is 11.7 Å². The molecule has 2 aliphatic heterocycles. The van der Waals surface area contributed by atoms with Crippen molar-refractivity contribution in [1.29, 1.82) is 0 Å². The molecular formula is C12H23ClN2OS. The maximum Gasteiger partial charge on any atom is 0.235 e. The first-order valence-electron chi connectivity index (χ1n) is 6.34. The Kier molecular flexibility index (Phi) is 6.10. The Morgan fingerprint density at radius 1 is 1.47 bits per heavy atom. The van der Waals surface area contributed by atoms with E-state index in [0.29, 0.717) is 18.4 Å². The van der Waals surface area contributed by atoms with Crippen LogP contribution >= 0.6 is 24.2 Å². The number of rotatable bonds is 2. The summed E-state index contributed by atoms with van der Waals surface area (Å²) in [5.74, 6) is 2.21. The summed E-state index contributed by atoms with van der Waals surface area (Å²) in [4.78, 5) is 14.4. The Morgan fingerprint density at radius 3 is 2.82 bits per heavy atom. The molecule has 2 aliphatic rings. The molecule has 3 unspecified atom stereocenters. The number of amides is 1. The monoisotopic (exact) mass is 278 g/mol. The molecule has 100 valence electrons. The topological polar surface area (TPSA) is 46.3 Å². The average Bonchev–Trinajstić information content (AvgIpc) is 2.81. The van der Waals surface area contributed by atoms with Crippen molar-refractivity contribution in [3.63, 3.8) is 0 Å². The van der Waals surface area contributed by atoms with E-state index in [9.17, 15) is 4.79 Å². The van der Waals surface area contributed by atoms with Gasteiger partial charge in [-0.15, -0.1) is 24.2 Å². The van der Waals surface area contributed by atoms with Crippen LogP contribution in [0.15, 0.2) is 0 Å². The van der Waals surface area contributed by atoms with Gasteiger partial charge in [0, 0.05) is 19.1 Å². The first-order chi connectivity index (χ1) is 7.72. The van der Waals surface area contributed by atoms with Crippen molar-refractivity contribution < 1.29 is 4.79 Å². The normalized spacial score (nSPS) is 33.3. The molecular weight excluding hydrogens is 256 g/mol. The van der Waals surface area contributed by atoms with Crippen LogP contribution in [0.3, 0.4) is 0 Å². The number of nitrogens with zero attached hydrogens (tertiary/aromatic N) is 1. The summed E-state index contributed by atoms with van der Waals surface area (Å²) < 4.78 is 0. The van der Waals surface area contributed by atoms with E-state index in [-0.39, 0.29) is 23.7 Å². The van der Waals surface area contributed by atoms with Gasteiger partial charge in [0.05, 0.1) is 5.25 Å². The molecule has 2 fully saturated rings. The van der Waals surface area contributed by atoms with E-state index in [4.69, 9.17) is 5.73 Å². The molecule has 0 saturated carbocycles. The number of nitrogens with two attached hydrogens (primary N) is 1. The molecule has 2 N–H and O–H groups in total. The molecule has 1 amide bonds. The van der Waals surface area contributed by atoms with Crippen LogP contribution in [-0.4, -0.2) is 40.9 Å². The molecule has 0 spiro atoms. The number of hydrogen-bond acceptors (Lipinski definition) is 3. The van der Waals surface area contributed by atoms with Crippen LogP contribution < -0.4 is 5.73 Å². The van der Waals surface area contributed by atoms with E-state index in [0.717, 1.165) is 31.6 Å². The third-order valence-electron chi connectivity index (χ3n) is 3.74. The molecule has 3 atom stereocenters. The number of likely N-dealkylation sites (tertiary alicyclic amines) is 1. The molecule has 0 aromatic rings. The van der Waals surface area contributed by atoms with Crippen LogP contribution in [0.1, 0.15) is 32.6 Å². The molecule has 3 nitrogen and oxygen atoms in total. The lowest BCUT2D eigenvalue weighted by atomic mass is 9.92. The van der Waals surface area contributed by atoms with Crippen molar-refractivity contribution >= 4 is 30.1 Å². The van der Waals surface area contributed by atoms with Gasteiger partial charge in [0.1, 0.15) is 0 Å². The van der Waals surface area contributed by atoms with Gasteiger partial charge in [-0.2, -0.15) is 0 Å². The van der Waals surface area contributed by atoms with Crippen molar-refractivity contribution in [3.8, 4) is 0 Å². The number of carbonyl (C=O) groups excluding carboxylic acids is 1. The smallest absolute Gasteiger partial charge is 0.235 e. The molecule has 0 aliphatic carbocycles. The highest BCUT2D eigenvalue weighted by atomic mass is 35.5. The molecule has 0 aromatic heterocycles. The minimum Gasteiger partial charge on any atom is -0.337 e. The van der Waals surface area contributed by atoms with Crippen molar-refractivity contribution in [2.75, 3.05) is 18.8 Å². The fourth-order valence-electron chi connectivity index (χ4n) is 2.72. The third-order valence-corrected chi connectivity index (χ3v) is 5.10. The molecule has 0 radical (unpaired) electrons. The van der Waals surface area contributed by atoms with E-state index >= 15 is 0 Å². The van der Waals surface area contributed by atoms with Crippen LogP contribution in [0.2, 0.25) is 0 Å². The SMILES string of the molecule is CC1CCN(C(=O)C2CCCS2)C(CN)C1.Cl. The third kappa shape index (κ3) is 3.52. The van der Waals surface area contributed by atoms with Crippen LogP contribution in [-0.2, 0) is 4.79 Å². The maximum atomic E-state index is 12.3. The Bertz CT molecular complexity index is 259. The standard InChI is InChI=1S/C12H22N2OS.ClH/c1-9-4-5-14(10(7-9)8-13)12(15)11-3-2-6-16-11;/h9-11H,2-8,13H2,1H3;1H. The molecule has 5 heteroatoms. The molecule has 2 heterocycles. The summed E-state index contributed by atoms with van der Waals surface area (Å²) in [6.07, 6.45) is 4.48. The van der Waals surface area contributed by atoms with Gasteiger partial charge in [-0.05, 0) is 37.4 Å². The predicted molar refractivity (Wildman–Crippen MR) is 75.7 cm³/mol. The second-order valence-electron chi connectivity index (χ2n) is 5.05. The Labute approximate surface area is 114 Å². The number of halogens is 1. The highest BCUT2D eigenvalue weighted by Gasteiger charge is 2.34. The minimum absolute atomic E-state index is 0. The molecule has 0 aromatic carbocycles. The Hall–Kier alpha value is 0.0700. The maximum absolute atomic E-state index is 12.3. The van der Waals surface area contributed by atoms with Crippen LogP contribution in [0.25, 0.3) is 0 Å². The summed E-state index contributed by atoms with van der Waals surface area (Å²) in [7, 11) is 0. The average molecular weight is 279 g/mol. The zero-order chi connectivity index (χ0) is 11.5. The van der Waals surface area contributed by atoms with Crippen LogP contribution in [0.5, 0.6) is 0 Å². The number of carbonyl (C=O) groups is 1. The summed E-state index contributed by atoms with van der Waals surface area (Å²) in [5.41, 5.74) is 5.79. The van der Waals surface area contributed by atoms with Crippen LogP contribution in [0.4, 0.5) is 0 Å². The summed E-state index contributed by atoms with van der Waals surface area (Å²) in [5, 5.41) is 0.224. The minimum atomic E-state index is 0. The van der Waals surface area contributed by atoms with E-state index < -0.39 is 0 Å². The first kappa shape index (κ1) is 15.1. The van der Waals surface area contributed by atoms with Crippen molar-refractivity contribution in [1.82, 2.24) is 4.90 Å². The van der Waals surface area contributed by atoms with Gasteiger partial charge in [-0.1, -0.05) is 6.92 Å². The zero-order valence-electron chi connectivity index (χ0n) is 10.4. The van der Waals surface area contributed by atoms with Gasteiger partial charge in [0.15, 0.2) is 0 Å². The Balaban J connectivity index is 0.00000144. The van der Waals surface area contributed by atoms with E-state index in [2.05, 4.69) is 11.8 Å². The van der Waals surface area contributed by atoms with Gasteiger partial charge < -0.3 is 10.6 Å². The largest absolute Gasteiger partial charge is 0.337 e. The highest BCUT2D eigenvalue weighted by molar-refractivity contribution is 8.00.